The van der Waals surface area contributed by atoms with Crippen LogP contribution in [0.15, 0.2) is 71.8 Å². The van der Waals surface area contributed by atoms with Gasteiger partial charge in [-0.15, -0.1) is 0 Å². The second-order valence-electron chi connectivity index (χ2n) is 7.16. The molecular formula is C24H22N4O5. The normalized spacial score (nSPS) is 10.6. The summed E-state index contributed by atoms with van der Waals surface area (Å²) in [5.41, 5.74) is 6.07. The van der Waals surface area contributed by atoms with E-state index in [-0.39, 0.29) is 23.8 Å². The summed E-state index contributed by atoms with van der Waals surface area (Å²) >= 11 is 0. The van der Waals surface area contributed by atoms with E-state index in [1.165, 1.54) is 30.5 Å². The van der Waals surface area contributed by atoms with Gasteiger partial charge in [-0.05, 0) is 73.0 Å². The van der Waals surface area contributed by atoms with Crippen LogP contribution in [0.2, 0.25) is 0 Å². The van der Waals surface area contributed by atoms with Crippen LogP contribution in [0.4, 0.5) is 11.4 Å². The zero-order valence-electron chi connectivity index (χ0n) is 18.1. The van der Waals surface area contributed by atoms with Gasteiger partial charge in [0.15, 0.2) is 6.61 Å². The van der Waals surface area contributed by atoms with Crippen molar-refractivity contribution in [3.05, 3.63) is 99.1 Å². The van der Waals surface area contributed by atoms with Gasteiger partial charge in [0.2, 0.25) is 0 Å². The second-order valence-corrected chi connectivity index (χ2v) is 7.16. The summed E-state index contributed by atoms with van der Waals surface area (Å²) in [7, 11) is 0. The Hall–Kier alpha value is -4.53. The van der Waals surface area contributed by atoms with Gasteiger partial charge in [-0.3, -0.25) is 19.7 Å². The molecule has 2 N–H and O–H groups in total. The van der Waals surface area contributed by atoms with Crippen LogP contribution in [0.1, 0.15) is 27.0 Å². The molecule has 0 aromatic heterocycles. The zero-order valence-corrected chi connectivity index (χ0v) is 18.1. The van der Waals surface area contributed by atoms with Crippen molar-refractivity contribution in [3.63, 3.8) is 0 Å². The van der Waals surface area contributed by atoms with Gasteiger partial charge in [0.05, 0.1) is 11.1 Å². The lowest BCUT2D eigenvalue weighted by molar-refractivity contribution is -0.384. The fraction of sp³-hybridized carbons (Fsp3) is 0.125. The maximum absolute atomic E-state index is 12.2. The molecule has 2 amide bonds. The number of hydrogen-bond donors (Lipinski definition) is 2. The molecule has 0 aliphatic heterocycles. The van der Waals surface area contributed by atoms with Crippen LogP contribution in [-0.2, 0) is 4.79 Å². The van der Waals surface area contributed by atoms with Crippen LogP contribution in [0, 0.1) is 24.0 Å². The number of hydrazone groups is 1. The third-order valence-corrected chi connectivity index (χ3v) is 4.85. The monoisotopic (exact) mass is 446 g/mol. The van der Waals surface area contributed by atoms with Gasteiger partial charge in [0, 0.05) is 23.4 Å². The molecule has 0 saturated carbocycles. The van der Waals surface area contributed by atoms with Crippen molar-refractivity contribution in [2.75, 3.05) is 11.9 Å². The molecule has 0 fully saturated rings. The van der Waals surface area contributed by atoms with Crippen LogP contribution in [-0.4, -0.2) is 29.6 Å². The number of ether oxygens (including phenoxy) is 1. The van der Waals surface area contributed by atoms with E-state index in [1.54, 1.807) is 24.3 Å². The minimum absolute atomic E-state index is 0.0971. The number of anilines is 1. The molecular weight excluding hydrogens is 424 g/mol. The third-order valence-electron chi connectivity index (χ3n) is 4.85. The smallest absolute Gasteiger partial charge is 0.271 e. The number of hydrogen-bond acceptors (Lipinski definition) is 6. The number of amides is 2. The van der Waals surface area contributed by atoms with Gasteiger partial charge < -0.3 is 10.1 Å². The van der Waals surface area contributed by atoms with E-state index in [9.17, 15) is 19.7 Å². The number of carbonyl (C=O) groups excluding carboxylic acids is 2. The van der Waals surface area contributed by atoms with Gasteiger partial charge >= 0.3 is 0 Å². The van der Waals surface area contributed by atoms with Crippen LogP contribution in [0.3, 0.4) is 0 Å². The number of nitrogens with zero attached hydrogens (tertiary/aromatic N) is 2. The minimum Gasteiger partial charge on any atom is -0.484 e. The number of rotatable bonds is 8. The standard InChI is InChI=1S/C24H22N4O5/c1-16-4-3-5-22(17(16)2)26-23(29)15-33-21-12-6-18(7-13-21)14-25-27-24(30)19-8-10-20(11-9-19)28(31)32/h3-14H,15H2,1-2H3,(H,26,29)(H,27,30)/b25-14+. The van der Waals surface area contributed by atoms with Gasteiger partial charge in [-0.1, -0.05) is 12.1 Å². The van der Waals surface area contributed by atoms with E-state index in [4.69, 9.17) is 4.74 Å². The quantitative estimate of drug-likeness (QED) is 0.308. The number of nitro benzene ring substituents is 1. The predicted octanol–water partition coefficient (Wildman–Crippen LogP) is 3.99. The molecule has 33 heavy (non-hydrogen) atoms. The summed E-state index contributed by atoms with van der Waals surface area (Å²) in [6.45, 7) is 3.79. The molecule has 3 aromatic rings. The number of nitro groups is 1. The molecule has 3 aromatic carbocycles. The Bertz CT molecular complexity index is 1190. The molecule has 0 heterocycles. The first-order chi connectivity index (χ1) is 15.8. The Morgan fingerprint density at radius 1 is 1.03 bits per heavy atom. The van der Waals surface area contributed by atoms with Gasteiger partial charge in [0.25, 0.3) is 17.5 Å². The van der Waals surface area contributed by atoms with E-state index < -0.39 is 10.8 Å². The van der Waals surface area contributed by atoms with E-state index in [0.29, 0.717) is 11.3 Å². The molecule has 3 rings (SSSR count). The molecule has 0 bridgehead atoms. The molecule has 9 nitrogen and oxygen atoms in total. The SMILES string of the molecule is Cc1cccc(NC(=O)COc2ccc(/C=N/NC(=O)c3ccc([N+](=O)[O-])cc3)cc2)c1C. The largest absolute Gasteiger partial charge is 0.484 e. The molecule has 0 atom stereocenters. The summed E-state index contributed by atoms with van der Waals surface area (Å²) in [5.74, 6) is -0.238. The molecule has 9 heteroatoms. The second kappa shape index (κ2) is 10.7. The molecule has 0 radical (unpaired) electrons. The first-order valence-corrected chi connectivity index (χ1v) is 10.0. The Labute approximate surface area is 190 Å². The molecule has 0 saturated heterocycles. The average molecular weight is 446 g/mol. The molecule has 168 valence electrons. The maximum atomic E-state index is 12.2. The number of carbonyl (C=O) groups is 2. The van der Waals surface area contributed by atoms with Gasteiger partial charge in [-0.2, -0.15) is 5.10 Å². The van der Waals surface area contributed by atoms with Crippen molar-refractivity contribution in [3.8, 4) is 5.75 Å². The van der Waals surface area contributed by atoms with Crippen LogP contribution in [0.25, 0.3) is 0 Å². The highest BCUT2D eigenvalue weighted by Gasteiger charge is 2.09. The lowest BCUT2D eigenvalue weighted by atomic mass is 10.1. The number of nitrogens with one attached hydrogen (secondary N) is 2. The number of aryl methyl sites for hydroxylation is 1. The Kier molecular flexibility index (Phi) is 7.48. The molecule has 0 unspecified atom stereocenters. The summed E-state index contributed by atoms with van der Waals surface area (Å²) in [6, 6.07) is 17.7. The first-order valence-electron chi connectivity index (χ1n) is 10.0. The summed E-state index contributed by atoms with van der Waals surface area (Å²) in [4.78, 5) is 34.3. The molecule has 0 aliphatic carbocycles. The predicted molar refractivity (Wildman–Crippen MR) is 125 cm³/mol. The summed E-state index contributed by atoms with van der Waals surface area (Å²) in [5, 5.41) is 17.4. The van der Waals surface area contributed by atoms with Gasteiger partial charge in [-0.25, -0.2) is 5.43 Å². The summed E-state index contributed by atoms with van der Waals surface area (Å²) < 4.78 is 5.52. The highest BCUT2D eigenvalue weighted by Crippen LogP contribution is 2.18. The van der Waals surface area contributed by atoms with E-state index in [2.05, 4.69) is 15.8 Å². The highest BCUT2D eigenvalue weighted by molar-refractivity contribution is 5.95. The van der Waals surface area contributed by atoms with Crippen molar-refractivity contribution >= 4 is 29.4 Å². The number of non-ortho nitro benzene ring substituents is 1. The lowest BCUT2D eigenvalue weighted by Crippen LogP contribution is -2.20. The van der Waals surface area contributed by atoms with E-state index >= 15 is 0 Å². The average Bonchev–Trinajstić information content (AvgIpc) is 2.81. The minimum atomic E-state index is -0.537. The molecule has 0 aliphatic rings. The fourth-order valence-corrected chi connectivity index (χ4v) is 2.84. The number of benzene rings is 3. The van der Waals surface area contributed by atoms with E-state index in [0.717, 1.165) is 16.8 Å². The van der Waals surface area contributed by atoms with Crippen molar-refractivity contribution in [1.29, 1.82) is 0 Å². The molecule has 0 spiro atoms. The van der Waals surface area contributed by atoms with Crippen LogP contribution in [0.5, 0.6) is 5.75 Å². The van der Waals surface area contributed by atoms with Crippen molar-refractivity contribution in [1.82, 2.24) is 5.43 Å². The lowest BCUT2D eigenvalue weighted by Gasteiger charge is -2.11. The fourth-order valence-electron chi connectivity index (χ4n) is 2.84. The first kappa shape index (κ1) is 23.1. The highest BCUT2D eigenvalue weighted by atomic mass is 16.6. The van der Waals surface area contributed by atoms with Crippen molar-refractivity contribution < 1.29 is 19.2 Å². The maximum Gasteiger partial charge on any atom is 0.271 e. The van der Waals surface area contributed by atoms with Gasteiger partial charge in [0.1, 0.15) is 5.75 Å². The summed E-state index contributed by atoms with van der Waals surface area (Å²) in [6.07, 6.45) is 1.44. The van der Waals surface area contributed by atoms with Crippen LogP contribution >= 0.6 is 0 Å². The van der Waals surface area contributed by atoms with Crippen molar-refractivity contribution in [2.45, 2.75) is 13.8 Å². The Morgan fingerprint density at radius 2 is 1.73 bits per heavy atom. The van der Waals surface area contributed by atoms with E-state index in [1.807, 2.05) is 32.0 Å². The van der Waals surface area contributed by atoms with Crippen LogP contribution < -0.4 is 15.5 Å². The third kappa shape index (κ3) is 6.47. The Balaban J connectivity index is 1.48. The topological polar surface area (TPSA) is 123 Å². The van der Waals surface area contributed by atoms with Crippen molar-refractivity contribution in [2.24, 2.45) is 5.10 Å². The Morgan fingerprint density at radius 3 is 2.39 bits per heavy atom. The zero-order chi connectivity index (χ0) is 23.8.